The third kappa shape index (κ3) is 8.26. The SMILES string of the molecule is Cc1c(S(=O)(=O)NCP(=O)([O-])Oc2ccc(C#N)nc2)sc2cc(OCCC[NH3+])c(OCCC[NH3+])cc12.[Cl-]. The summed E-state index contributed by atoms with van der Waals surface area (Å²) in [5, 5.41) is 9.44. The lowest BCUT2D eigenvalue weighted by molar-refractivity contribution is -0.369. The second-order valence-corrected chi connectivity index (χ2v) is 12.7. The van der Waals surface area contributed by atoms with Crippen molar-refractivity contribution in [2.45, 2.75) is 24.0 Å². The molecule has 0 saturated heterocycles. The maximum absolute atomic E-state index is 13.1. The van der Waals surface area contributed by atoms with Gasteiger partial charge in [-0.1, -0.05) is 0 Å². The number of nitriles is 1. The van der Waals surface area contributed by atoms with Crippen molar-refractivity contribution in [2.75, 3.05) is 32.6 Å². The minimum atomic E-state index is -4.66. The Balaban J connectivity index is 0.00000507. The van der Waals surface area contributed by atoms with Crippen molar-refractivity contribution in [1.29, 1.82) is 5.26 Å². The van der Waals surface area contributed by atoms with E-state index in [4.69, 9.17) is 19.3 Å². The molecule has 0 saturated carbocycles. The van der Waals surface area contributed by atoms with Crippen LogP contribution in [-0.2, 0) is 14.6 Å². The summed E-state index contributed by atoms with van der Waals surface area (Å²) in [4.78, 5) is 16.1. The molecule has 1 aromatic carbocycles. The number of fused-ring (bicyclic) bond motifs is 1. The number of aryl methyl sites for hydroxylation is 1. The van der Waals surface area contributed by atoms with Crippen LogP contribution >= 0.6 is 18.9 Å². The van der Waals surface area contributed by atoms with Crippen molar-refractivity contribution in [3.8, 4) is 23.3 Å². The number of nitrogens with one attached hydrogen (secondary N) is 1. The van der Waals surface area contributed by atoms with E-state index in [9.17, 15) is 17.9 Å². The highest BCUT2D eigenvalue weighted by molar-refractivity contribution is 7.92. The first-order valence-corrected chi connectivity index (χ1v) is 15.4. The molecule has 16 heteroatoms. The van der Waals surface area contributed by atoms with Gasteiger partial charge in [0, 0.05) is 29.0 Å². The zero-order valence-electron chi connectivity index (χ0n) is 20.6. The number of pyridine rings is 1. The number of sulfonamides is 1. The number of halogens is 1. The van der Waals surface area contributed by atoms with Crippen molar-refractivity contribution in [3.63, 3.8) is 0 Å². The monoisotopic (exact) mass is 605 g/mol. The van der Waals surface area contributed by atoms with E-state index in [2.05, 4.69) is 21.2 Å². The average Bonchev–Trinajstić information content (AvgIpc) is 3.19. The van der Waals surface area contributed by atoms with E-state index in [1.807, 2.05) is 0 Å². The molecule has 0 radical (unpaired) electrons. The van der Waals surface area contributed by atoms with Crippen LogP contribution in [0.1, 0.15) is 24.1 Å². The number of nitrogens with zero attached hydrogens (tertiary/aromatic N) is 2. The van der Waals surface area contributed by atoms with Gasteiger partial charge < -0.3 is 42.8 Å². The van der Waals surface area contributed by atoms with Gasteiger partial charge in [0.05, 0.1) is 38.8 Å². The highest BCUT2D eigenvalue weighted by Crippen LogP contribution is 2.42. The van der Waals surface area contributed by atoms with Gasteiger partial charge in [0.15, 0.2) is 19.1 Å². The summed E-state index contributed by atoms with van der Waals surface area (Å²) < 4.78 is 57.9. The van der Waals surface area contributed by atoms with E-state index < -0.39 is 23.9 Å². The first-order chi connectivity index (χ1) is 17.6. The molecule has 208 valence electrons. The molecule has 0 aliphatic carbocycles. The zero-order valence-corrected chi connectivity index (χ0v) is 23.9. The van der Waals surface area contributed by atoms with Gasteiger partial charge in [0.2, 0.25) is 0 Å². The number of rotatable bonds is 14. The molecule has 2 aromatic heterocycles. The normalized spacial score (nSPS) is 12.8. The predicted molar refractivity (Wildman–Crippen MR) is 135 cm³/mol. The second kappa shape index (κ2) is 14.1. The van der Waals surface area contributed by atoms with Crippen LogP contribution in [0, 0.1) is 18.3 Å². The smallest absolute Gasteiger partial charge is 0.250 e. The predicted octanol–water partition coefficient (Wildman–Crippen LogP) is -2.63. The summed E-state index contributed by atoms with van der Waals surface area (Å²) in [6, 6.07) is 7.82. The number of thiophene rings is 1. The number of quaternary nitrogens is 2. The minimum Gasteiger partial charge on any atom is -1.00 e. The van der Waals surface area contributed by atoms with E-state index in [-0.39, 0.29) is 28.1 Å². The first-order valence-electron chi connectivity index (χ1n) is 11.4. The van der Waals surface area contributed by atoms with Crippen LogP contribution in [0.25, 0.3) is 10.1 Å². The van der Waals surface area contributed by atoms with E-state index in [1.54, 1.807) is 25.1 Å². The van der Waals surface area contributed by atoms with Gasteiger partial charge in [-0.15, -0.1) is 11.3 Å². The average molecular weight is 606 g/mol. The fourth-order valence-electron chi connectivity index (χ4n) is 3.18. The number of aromatic nitrogens is 1. The Bertz CT molecular complexity index is 1430. The highest BCUT2D eigenvalue weighted by Gasteiger charge is 2.25. The van der Waals surface area contributed by atoms with Crippen LogP contribution in [0.3, 0.4) is 0 Å². The molecule has 7 N–H and O–H groups in total. The molecular weight excluding hydrogens is 577 g/mol. The third-order valence-electron chi connectivity index (χ3n) is 5.05. The maximum atomic E-state index is 13.1. The largest absolute Gasteiger partial charge is 1.00 e. The molecule has 2 heterocycles. The lowest BCUT2D eigenvalue weighted by atomic mass is 10.2. The molecule has 0 fully saturated rings. The van der Waals surface area contributed by atoms with Gasteiger partial charge in [-0.05, 0) is 30.7 Å². The Morgan fingerprint density at radius 2 is 1.79 bits per heavy atom. The maximum Gasteiger partial charge on any atom is 0.250 e. The summed E-state index contributed by atoms with van der Waals surface area (Å²) in [7, 11) is -8.86. The van der Waals surface area contributed by atoms with E-state index in [0.29, 0.717) is 53.5 Å². The van der Waals surface area contributed by atoms with Crippen molar-refractivity contribution >= 4 is 39.0 Å². The van der Waals surface area contributed by atoms with Crippen LogP contribution in [0.4, 0.5) is 0 Å². The summed E-state index contributed by atoms with van der Waals surface area (Å²) in [6.45, 7) is 3.93. The zero-order chi connectivity index (χ0) is 27.1. The second-order valence-electron chi connectivity index (χ2n) is 7.92. The highest BCUT2D eigenvalue weighted by atomic mass is 35.5. The van der Waals surface area contributed by atoms with E-state index in [1.165, 1.54) is 12.1 Å². The van der Waals surface area contributed by atoms with E-state index >= 15 is 0 Å². The molecule has 0 aliphatic heterocycles. The van der Waals surface area contributed by atoms with Crippen molar-refractivity contribution in [2.24, 2.45) is 0 Å². The molecular formula is C22H29ClN5O7PS2. The Labute approximate surface area is 230 Å². The third-order valence-corrected chi connectivity index (χ3v) is 9.57. The van der Waals surface area contributed by atoms with Gasteiger partial charge in [-0.3, -0.25) is 4.57 Å². The topological polar surface area (TPSA) is 206 Å². The molecule has 3 rings (SSSR count). The molecule has 0 spiro atoms. The first kappa shape index (κ1) is 31.7. The number of hydrogen-bond acceptors (Lipinski definition) is 10. The number of hydrogen-bond donors (Lipinski definition) is 3. The summed E-state index contributed by atoms with van der Waals surface area (Å²) in [6.07, 6.45) is 1.60. The van der Waals surface area contributed by atoms with Gasteiger partial charge in [0.25, 0.3) is 10.0 Å². The van der Waals surface area contributed by atoms with Crippen molar-refractivity contribution in [1.82, 2.24) is 9.71 Å². The fourth-order valence-corrected chi connectivity index (χ4v) is 7.46. The molecule has 0 bridgehead atoms. The van der Waals surface area contributed by atoms with Crippen molar-refractivity contribution in [3.05, 3.63) is 41.7 Å². The number of benzene rings is 1. The van der Waals surface area contributed by atoms with Gasteiger partial charge in [0.1, 0.15) is 21.7 Å². The summed E-state index contributed by atoms with van der Waals surface area (Å²) in [5.74, 6) is 0.861. The van der Waals surface area contributed by atoms with Crippen LogP contribution in [0.5, 0.6) is 17.2 Å². The van der Waals surface area contributed by atoms with Crippen LogP contribution in [-0.4, -0.2) is 46.0 Å². The molecule has 1 unspecified atom stereocenters. The van der Waals surface area contributed by atoms with Crippen LogP contribution < -0.4 is 47.5 Å². The lowest BCUT2D eigenvalue weighted by Crippen LogP contribution is -3.00. The Kier molecular flexibility index (Phi) is 11.8. The quantitative estimate of drug-likeness (QED) is 0.130. The van der Waals surface area contributed by atoms with E-state index in [0.717, 1.165) is 30.4 Å². The van der Waals surface area contributed by atoms with Gasteiger partial charge in [-0.2, -0.15) is 5.26 Å². The molecule has 38 heavy (non-hydrogen) atoms. The molecule has 0 amide bonds. The molecule has 3 aromatic rings. The van der Waals surface area contributed by atoms with Crippen LogP contribution in [0.2, 0.25) is 0 Å². The van der Waals surface area contributed by atoms with Crippen molar-refractivity contribution < 1.29 is 55.7 Å². The Morgan fingerprint density at radius 3 is 2.34 bits per heavy atom. The summed E-state index contributed by atoms with van der Waals surface area (Å²) in [5.41, 5.74) is 8.14. The minimum absolute atomic E-state index is 0. The lowest BCUT2D eigenvalue weighted by Gasteiger charge is -2.23. The molecule has 0 aliphatic rings. The van der Waals surface area contributed by atoms with Crippen LogP contribution in [0.15, 0.2) is 34.7 Å². The Morgan fingerprint density at radius 1 is 1.16 bits per heavy atom. The summed E-state index contributed by atoms with van der Waals surface area (Å²) >= 11 is 0.998. The standard InChI is InChI=1S/C22H28N5O7PS2.ClH/c1-15-18-10-19(32-8-2-6-23)20(33-9-3-7-24)11-21(18)36-22(15)37(30,31)27-14-35(28,29)34-17-5-4-16(12-25)26-13-17;/h4-5,10-11,13,27H,2-3,6-9,14,23-24H2,1H3,(H,28,29);1H. The Hall–Kier alpha value is -2.47. The molecule has 12 nitrogen and oxygen atoms in total. The van der Waals surface area contributed by atoms with Gasteiger partial charge >= 0.3 is 0 Å². The number of ether oxygens (including phenoxy) is 2. The van der Waals surface area contributed by atoms with Gasteiger partial charge in [-0.25, -0.2) is 18.1 Å². The molecule has 1 atom stereocenters. The fraction of sp³-hybridized carbons (Fsp3) is 0.364.